The number of benzene rings is 1. The highest BCUT2D eigenvalue weighted by Crippen LogP contribution is 2.19. The van der Waals surface area contributed by atoms with Crippen LogP contribution < -0.4 is 4.43 Å². The maximum Gasteiger partial charge on any atom is 0.220 e. The molecule has 1 rings (SSSR count). The molecule has 63 valence electrons. The summed E-state index contributed by atoms with van der Waals surface area (Å²) in [6, 6.07) is 7.87. The first-order valence-electron chi connectivity index (χ1n) is 3.67. The standard InChI is InChI=1S/C8H10BrOSi2/c1-12(2,11)10-8-5-3-4-7(9)6-8/h3-6H,1-2H3. The van der Waals surface area contributed by atoms with Crippen LogP contribution in [0.25, 0.3) is 0 Å². The summed E-state index contributed by atoms with van der Waals surface area (Å²) in [7, 11) is 1.96. The molecule has 0 heterocycles. The average Bonchev–Trinajstić information content (AvgIpc) is 1.82. The Bertz CT molecular complexity index is 270. The summed E-state index contributed by atoms with van der Waals surface area (Å²) in [5, 5.41) is 0. The van der Waals surface area contributed by atoms with E-state index in [1.165, 1.54) is 0 Å². The SMILES string of the molecule is C[Si](C)([Si])Oc1cccc(Br)c1. The Labute approximate surface area is 85.6 Å². The summed E-state index contributed by atoms with van der Waals surface area (Å²) >= 11 is 3.39. The normalized spacial score (nSPS) is 11.3. The van der Waals surface area contributed by atoms with E-state index in [4.69, 9.17) is 4.43 Å². The van der Waals surface area contributed by atoms with Crippen molar-refractivity contribution in [3.8, 4) is 5.75 Å². The zero-order chi connectivity index (χ0) is 9.19. The molecule has 0 aliphatic rings. The average molecular weight is 258 g/mol. The van der Waals surface area contributed by atoms with Crippen molar-refractivity contribution in [2.75, 3.05) is 0 Å². The third-order valence-electron chi connectivity index (χ3n) is 1.17. The minimum absolute atomic E-state index is 0.913. The van der Waals surface area contributed by atoms with E-state index in [-0.39, 0.29) is 0 Å². The van der Waals surface area contributed by atoms with Crippen LogP contribution in [0.5, 0.6) is 5.75 Å². The van der Waals surface area contributed by atoms with E-state index in [1.54, 1.807) is 0 Å². The summed E-state index contributed by atoms with van der Waals surface area (Å²) in [5.74, 6) is 0.913. The molecule has 0 fully saturated rings. The predicted octanol–water partition coefficient (Wildman–Crippen LogP) is 2.70. The molecule has 0 saturated heterocycles. The molecule has 3 radical (unpaired) electrons. The lowest BCUT2D eigenvalue weighted by molar-refractivity contribution is 0.571. The van der Waals surface area contributed by atoms with Gasteiger partial charge in [-0.25, -0.2) is 0 Å². The summed E-state index contributed by atoms with van der Waals surface area (Å²) in [5.41, 5.74) is 0. The highest BCUT2D eigenvalue weighted by molar-refractivity contribution is 9.10. The van der Waals surface area contributed by atoms with Crippen LogP contribution >= 0.6 is 15.9 Å². The van der Waals surface area contributed by atoms with E-state index in [0.717, 1.165) is 10.2 Å². The van der Waals surface area contributed by atoms with Gasteiger partial charge in [0.15, 0.2) is 0 Å². The fraction of sp³-hybridized carbons (Fsp3) is 0.250. The van der Waals surface area contributed by atoms with Crippen molar-refractivity contribution in [3.05, 3.63) is 28.7 Å². The van der Waals surface area contributed by atoms with Crippen molar-refractivity contribution in [2.45, 2.75) is 13.1 Å². The fourth-order valence-corrected chi connectivity index (χ4v) is 2.27. The van der Waals surface area contributed by atoms with Gasteiger partial charge in [0.1, 0.15) is 5.75 Å². The van der Waals surface area contributed by atoms with Gasteiger partial charge in [-0.05, 0) is 31.3 Å². The molecule has 0 aliphatic carbocycles. The van der Waals surface area contributed by atoms with Gasteiger partial charge in [0, 0.05) is 4.47 Å². The molecule has 4 heteroatoms. The van der Waals surface area contributed by atoms with Gasteiger partial charge in [0.25, 0.3) is 0 Å². The van der Waals surface area contributed by atoms with Crippen LogP contribution in [0.1, 0.15) is 0 Å². The van der Waals surface area contributed by atoms with Crippen molar-refractivity contribution in [3.63, 3.8) is 0 Å². The van der Waals surface area contributed by atoms with Crippen LogP contribution in [-0.4, -0.2) is 17.6 Å². The molecule has 0 bridgehead atoms. The number of rotatable bonds is 2. The number of halogens is 1. The Morgan fingerprint density at radius 1 is 1.42 bits per heavy atom. The summed E-state index contributed by atoms with van der Waals surface area (Å²) in [6.07, 6.45) is 0. The molecule has 0 N–H and O–H groups in total. The maximum atomic E-state index is 5.70. The summed E-state index contributed by atoms with van der Waals surface area (Å²) < 4.78 is 6.75. The highest BCUT2D eigenvalue weighted by atomic mass is 79.9. The molecule has 0 atom stereocenters. The minimum atomic E-state index is -1.64. The van der Waals surface area contributed by atoms with Crippen molar-refractivity contribution >= 4 is 33.5 Å². The largest absolute Gasteiger partial charge is 0.548 e. The smallest absolute Gasteiger partial charge is 0.220 e. The number of hydrogen-bond donors (Lipinski definition) is 0. The third kappa shape index (κ3) is 3.56. The molecule has 1 aromatic rings. The van der Waals surface area contributed by atoms with Gasteiger partial charge in [-0.15, -0.1) is 0 Å². The Kier molecular flexibility index (Phi) is 3.14. The predicted molar refractivity (Wildman–Crippen MR) is 58.0 cm³/mol. The van der Waals surface area contributed by atoms with Gasteiger partial charge in [-0.3, -0.25) is 0 Å². The van der Waals surface area contributed by atoms with Crippen molar-refractivity contribution in [2.24, 2.45) is 0 Å². The zero-order valence-corrected chi connectivity index (χ0v) is 10.7. The van der Waals surface area contributed by atoms with E-state index < -0.39 is 7.83 Å². The Morgan fingerprint density at radius 2 is 2.08 bits per heavy atom. The van der Waals surface area contributed by atoms with Crippen molar-refractivity contribution in [1.82, 2.24) is 0 Å². The van der Waals surface area contributed by atoms with E-state index >= 15 is 0 Å². The van der Waals surface area contributed by atoms with Crippen LogP contribution in [0.4, 0.5) is 0 Å². The van der Waals surface area contributed by atoms with Crippen LogP contribution in [0.15, 0.2) is 28.7 Å². The van der Waals surface area contributed by atoms with Gasteiger partial charge >= 0.3 is 0 Å². The fourth-order valence-electron chi connectivity index (χ4n) is 0.825. The quantitative estimate of drug-likeness (QED) is 0.741. The molecular weight excluding hydrogens is 248 g/mol. The molecule has 0 aliphatic heterocycles. The Hall–Kier alpha value is -0.0662. The first-order chi connectivity index (χ1) is 5.47. The molecule has 0 amide bonds. The van der Waals surface area contributed by atoms with E-state index in [9.17, 15) is 0 Å². The summed E-state index contributed by atoms with van der Waals surface area (Å²) in [6.45, 7) is 4.18. The van der Waals surface area contributed by atoms with Gasteiger partial charge in [-0.2, -0.15) is 0 Å². The second kappa shape index (κ2) is 3.76. The van der Waals surface area contributed by atoms with Crippen molar-refractivity contribution in [1.29, 1.82) is 0 Å². The minimum Gasteiger partial charge on any atom is -0.548 e. The van der Waals surface area contributed by atoms with Gasteiger partial charge < -0.3 is 4.43 Å². The second-order valence-corrected chi connectivity index (χ2v) is 10.8. The molecule has 0 aromatic heterocycles. The second-order valence-electron chi connectivity index (χ2n) is 3.07. The van der Waals surface area contributed by atoms with Gasteiger partial charge in [0.05, 0.1) is 9.76 Å². The Morgan fingerprint density at radius 3 is 2.58 bits per heavy atom. The molecule has 1 aromatic carbocycles. The van der Waals surface area contributed by atoms with E-state index in [2.05, 4.69) is 38.8 Å². The first-order valence-corrected chi connectivity index (χ1v) is 8.87. The molecule has 1 nitrogen and oxygen atoms in total. The van der Waals surface area contributed by atoms with E-state index in [0.29, 0.717) is 0 Å². The van der Waals surface area contributed by atoms with Crippen LogP contribution in [0, 0.1) is 0 Å². The molecule has 0 saturated carbocycles. The van der Waals surface area contributed by atoms with E-state index in [1.807, 2.05) is 24.3 Å². The first kappa shape index (κ1) is 10.0. The molecule has 12 heavy (non-hydrogen) atoms. The third-order valence-corrected chi connectivity index (χ3v) is 2.71. The Balaban J connectivity index is 2.77. The molecule has 0 spiro atoms. The lowest BCUT2D eigenvalue weighted by atomic mass is 10.3. The zero-order valence-electron chi connectivity index (χ0n) is 7.10. The molecule has 0 unspecified atom stereocenters. The molecular formula is C8H10BrOSi2. The number of hydrogen-bond acceptors (Lipinski definition) is 1. The maximum absolute atomic E-state index is 5.70. The lowest BCUT2D eigenvalue weighted by Crippen LogP contribution is -2.34. The van der Waals surface area contributed by atoms with Crippen LogP contribution in [0.2, 0.25) is 13.1 Å². The monoisotopic (exact) mass is 257 g/mol. The van der Waals surface area contributed by atoms with Gasteiger partial charge in [0.2, 0.25) is 7.83 Å². The topological polar surface area (TPSA) is 9.23 Å². The highest BCUT2D eigenvalue weighted by Gasteiger charge is 2.15. The lowest BCUT2D eigenvalue weighted by Gasteiger charge is -2.19. The van der Waals surface area contributed by atoms with Crippen LogP contribution in [-0.2, 0) is 0 Å². The van der Waals surface area contributed by atoms with Crippen molar-refractivity contribution < 1.29 is 4.43 Å². The summed E-state index contributed by atoms with van der Waals surface area (Å²) in [4.78, 5) is 0. The van der Waals surface area contributed by atoms with Gasteiger partial charge in [-0.1, -0.05) is 22.0 Å². The van der Waals surface area contributed by atoms with Crippen LogP contribution in [0.3, 0.4) is 0 Å².